The molecular formula is C25H26N2O3. The minimum Gasteiger partial charge on any atom is -0.497 e. The van der Waals surface area contributed by atoms with Crippen LogP contribution in [0.3, 0.4) is 0 Å². The van der Waals surface area contributed by atoms with Crippen LogP contribution in [0.2, 0.25) is 0 Å². The molecule has 1 aliphatic heterocycles. The van der Waals surface area contributed by atoms with Crippen LogP contribution in [0.1, 0.15) is 35.3 Å². The van der Waals surface area contributed by atoms with Gasteiger partial charge in [-0.2, -0.15) is 0 Å². The van der Waals surface area contributed by atoms with Gasteiger partial charge in [0.2, 0.25) is 5.91 Å². The van der Waals surface area contributed by atoms with Gasteiger partial charge in [-0.3, -0.25) is 14.6 Å². The van der Waals surface area contributed by atoms with Crippen LogP contribution in [0, 0.1) is 5.92 Å². The molecule has 1 atom stereocenters. The first-order valence-electron chi connectivity index (χ1n) is 10.4. The number of ether oxygens (including phenoxy) is 1. The average molecular weight is 402 g/mol. The van der Waals surface area contributed by atoms with E-state index in [4.69, 9.17) is 4.74 Å². The summed E-state index contributed by atoms with van der Waals surface area (Å²) in [5, 5.41) is 2.06. The lowest BCUT2D eigenvalue weighted by atomic mass is 9.89. The van der Waals surface area contributed by atoms with E-state index in [1.807, 2.05) is 59.5 Å². The number of amides is 1. The zero-order valence-electron chi connectivity index (χ0n) is 17.2. The van der Waals surface area contributed by atoms with Gasteiger partial charge in [-0.15, -0.1) is 0 Å². The summed E-state index contributed by atoms with van der Waals surface area (Å²) in [5.41, 5.74) is 1.63. The number of ketones is 1. The van der Waals surface area contributed by atoms with Gasteiger partial charge in [-0.25, -0.2) is 0 Å². The second kappa shape index (κ2) is 9.08. The normalized spacial score (nSPS) is 16.4. The summed E-state index contributed by atoms with van der Waals surface area (Å²) in [6.45, 7) is 1.23. The van der Waals surface area contributed by atoms with Gasteiger partial charge in [0.05, 0.1) is 7.11 Å². The summed E-state index contributed by atoms with van der Waals surface area (Å²) in [5.74, 6) is 0.876. The number of rotatable bonds is 6. The molecule has 5 nitrogen and oxygen atoms in total. The number of hydrogen-bond acceptors (Lipinski definition) is 4. The van der Waals surface area contributed by atoms with Crippen molar-refractivity contribution in [3.05, 3.63) is 72.1 Å². The summed E-state index contributed by atoms with van der Waals surface area (Å²) in [6.07, 6.45) is 4.48. The SMILES string of the molecule is COc1ccc2cc(C(=O)[C@@H]3CCCN(C(=O)CCc4ccccn4)C3)ccc2c1. The van der Waals surface area contributed by atoms with Crippen molar-refractivity contribution in [2.24, 2.45) is 5.92 Å². The number of fused-ring (bicyclic) bond motifs is 1. The summed E-state index contributed by atoms with van der Waals surface area (Å²) in [7, 11) is 1.64. The van der Waals surface area contributed by atoms with Gasteiger partial charge in [-0.05, 0) is 60.4 Å². The molecule has 0 bridgehead atoms. The Bertz CT molecular complexity index is 1050. The number of pyridine rings is 1. The van der Waals surface area contributed by atoms with Crippen molar-refractivity contribution in [2.45, 2.75) is 25.7 Å². The molecule has 0 unspecified atom stereocenters. The van der Waals surface area contributed by atoms with Crippen molar-refractivity contribution < 1.29 is 14.3 Å². The molecule has 1 fully saturated rings. The first kappa shape index (κ1) is 20.1. The highest BCUT2D eigenvalue weighted by Gasteiger charge is 2.29. The number of carbonyl (C=O) groups is 2. The number of aryl methyl sites for hydroxylation is 1. The van der Waals surface area contributed by atoms with Crippen LogP contribution in [0.25, 0.3) is 10.8 Å². The molecule has 4 rings (SSSR count). The molecule has 0 aliphatic carbocycles. The Labute approximate surface area is 176 Å². The number of hydrogen-bond donors (Lipinski definition) is 0. The monoisotopic (exact) mass is 402 g/mol. The molecule has 5 heteroatoms. The van der Waals surface area contributed by atoms with Crippen LogP contribution >= 0.6 is 0 Å². The third kappa shape index (κ3) is 4.51. The fourth-order valence-corrected chi connectivity index (χ4v) is 4.10. The first-order chi connectivity index (χ1) is 14.6. The van der Waals surface area contributed by atoms with Gasteiger partial charge in [0.25, 0.3) is 0 Å². The Morgan fingerprint density at radius 2 is 1.93 bits per heavy atom. The Balaban J connectivity index is 1.41. The van der Waals surface area contributed by atoms with Crippen molar-refractivity contribution in [3.63, 3.8) is 0 Å². The predicted octanol–water partition coefficient (Wildman–Crippen LogP) is 4.30. The number of Topliss-reactive ketones (excluding diaryl/α,β-unsaturated/α-hetero) is 1. The standard InChI is InChI=1S/C25H26N2O3/c1-30-23-11-9-18-15-20(8-7-19(18)16-23)25(29)21-5-4-14-27(17-21)24(28)12-10-22-6-2-3-13-26-22/h2-3,6-9,11,13,15-16,21H,4-5,10,12,14,17H2,1H3/t21-/m1/s1. The quantitative estimate of drug-likeness (QED) is 0.577. The molecule has 154 valence electrons. The third-order valence-electron chi connectivity index (χ3n) is 5.80. The lowest BCUT2D eigenvalue weighted by Gasteiger charge is -2.32. The largest absolute Gasteiger partial charge is 0.497 e. The van der Waals surface area contributed by atoms with Crippen molar-refractivity contribution in [1.29, 1.82) is 0 Å². The molecule has 1 saturated heterocycles. The zero-order valence-corrected chi connectivity index (χ0v) is 17.2. The van der Waals surface area contributed by atoms with E-state index >= 15 is 0 Å². The number of nitrogens with zero attached hydrogens (tertiary/aromatic N) is 2. The highest BCUT2D eigenvalue weighted by Crippen LogP contribution is 2.26. The second-order valence-electron chi connectivity index (χ2n) is 7.79. The lowest BCUT2D eigenvalue weighted by Crippen LogP contribution is -2.42. The van der Waals surface area contributed by atoms with E-state index in [0.29, 0.717) is 24.9 Å². The zero-order chi connectivity index (χ0) is 20.9. The van der Waals surface area contributed by atoms with Gasteiger partial charge in [-0.1, -0.05) is 24.3 Å². The van der Waals surface area contributed by atoms with Crippen LogP contribution in [0.4, 0.5) is 0 Å². The topological polar surface area (TPSA) is 59.5 Å². The summed E-state index contributed by atoms with van der Waals surface area (Å²) in [4.78, 5) is 32.0. The summed E-state index contributed by atoms with van der Waals surface area (Å²) in [6, 6.07) is 17.4. The second-order valence-corrected chi connectivity index (χ2v) is 7.79. The van der Waals surface area contributed by atoms with Crippen LogP contribution in [-0.2, 0) is 11.2 Å². The van der Waals surface area contributed by atoms with Crippen LogP contribution in [0.15, 0.2) is 60.8 Å². The van der Waals surface area contributed by atoms with Gasteiger partial charge in [0.1, 0.15) is 5.75 Å². The van der Waals surface area contributed by atoms with Crippen LogP contribution in [-0.4, -0.2) is 41.8 Å². The third-order valence-corrected chi connectivity index (χ3v) is 5.80. The molecule has 0 N–H and O–H groups in total. The van der Waals surface area contributed by atoms with E-state index in [-0.39, 0.29) is 17.6 Å². The average Bonchev–Trinajstić information content (AvgIpc) is 2.82. The summed E-state index contributed by atoms with van der Waals surface area (Å²) < 4.78 is 5.27. The molecule has 1 amide bonds. The molecule has 0 spiro atoms. The van der Waals surface area contributed by atoms with Gasteiger partial charge in [0.15, 0.2) is 5.78 Å². The van der Waals surface area contributed by atoms with E-state index in [0.717, 1.165) is 41.6 Å². The molecular weight excluding hydrogens is 376 g/mol. The molecule has 2 aromatic carbocycles. The van der Waals surface area contributed by atoms with Gasteiger partial charge < -0.3 is 9.64 Å². The molecule has 1 aliphatic rings. The van der Waals surface area contributed by atoms with Gasteiger partial charge in [0, 0.05) is 42.9 Å². The Morgan fingerprint density at radius 3 is 2.73 bits per heavy atom. The minimum atomic E-state index is -0.145. The highest BCUT2D eigenvalue weighted by molar-refractivity contribution is 6.01. The molecule has 1 aromatic heterocycles. The van der Waals surface area contributed by atoms with E-state index in [1.165, 1.54) is 0 Å². The van der Waals surface area contributed by atoms with Gasteiger partial charge >= 0.3 is 0 Å². The van der Waals surface area contributed by atoms with E-state index < -0.39 is 0 Å². The van der Waals surface area contributed by atoms with Crippen molar-refractivity contribution in [2.75, 3.05) is 20.2 Å². The first-order valence-corrected chi connectivity index (χ1v) is 10.4. The van der Waals surface area contributed by atoms with Crippen molar-refractivity contribution >= 4 is 22.5 Å². The minimum absolute atomic E-state index is 0.101. The number of methoxy groups -OCH3 is 1. The molecule has 0 radical (unpaired) electrons. The van der Waals surface area contributed by atoms with Crippen molar-refractivity contribution in [3.8, 4) is 5.75 Å². The fourth-order valence-electron chi connectivity index (χ4n) is 4.10. The number of carbonyl (C=O) groups excluding carboxylic acids is 2. The van der Waals surface area contributed by atoms with Crippen molar-refractivity contribution in [1.82, 2.24) is 9.88 Å². The molecule has 3 aromatic rings. The number of benzene rings is 2. The highest BCUT2D eigenvalue weighted by atomic mass is 16.5. The van der Waals surface area contributed by atoms with E-state index in [2.05, 4.69) is 4.98 Å². The van der Waals surface area contributed by atoms with E-state index in [9.17, 15) is 9.59 Å². The Hall–Kier alpha value is -3.21. The molecule has 0 saturated carbocycles. The lowest BCUT2D eigenvalue weighted by molar-refractivity contribution is -0.132. The Kier molecular flexibility index (Phi) is 6.07. The summed E-state index contributed by atoms with van der Waals surface area (Å²) >= 11 is 0. The smallest absolute Gasteiger partial charge is 0.222 e. The van der Waals surface area contributed by atoms with E-state index in [1.54, 1.807) is 13.3 Å². The fraction of sp³-hybridized carbons (Fsp3) is 0.320. The molecule has 2 heterocycles. The number of likely N-dealkylation sites (tertiary alicyclic amines) is 1. The number of piperidine rings is 1. The molecule has 30 heavy (non-hydrogen) atoms. The maximum absolute atomic E-state index is 13.1. The van der Waals surface area contributed by atoms with Crippen LogP contribution in [0.5, 0.6) is 5.75 Å². The predicted molar refractivity (Wildman–Crippen MR) is 117 cm³/mol. The Morgan fingerprint density at radius 1 is 1.10 bits per heavy atom. The number of aromatic nitrogens is 1. The van der Waals surface area contributed by atoms with Crippen LogP contribution < -0.4 is 4.74 Å². The maximum atomic E-state index is 13.1. The maximum Gasteiger partial charge on any atom is 0.222 e.